The zero-order valence-electron chi connectivity index (χ0n) is 11.7. The zero-order chi connectivity index (χ0) is 15.9. The first-order valence-electron chi connectivity index (χ1n) is 6.76. The Hall–Kier alpha value is -1.26. The van der Waals surface area contributed by atoms with Crippen molar-refractivity contribution < 1.29 is 4.79 Å². The van der Waals surface area contributed by atoms with Gasteiger partial charge in [0.2, 0.25) is 5.91 Å². The summed E-state index contributed by atoms with van der Waals surface area (Å²) in [5.41, 5.74) is 1.45. The summed E-state index contributed by atoms with van der Waals surface area (Å²) in [5, 5.41) is 7.45. The number of hydrogen-bond acceptors (Lipinski definition) is 2. The lowest BCUT2D eigenvalue weighted by Gasteiger charge is -2.10. The minimum absolute atomic E-state index is 0.151. The smallest absolute Gasteiger partial charge is 0.225 e. The molecule has 0 spiro atoms. The summed E-state index contributed by atoms with van der Waals surface area (Å²) in [7, 11) is 0. The molecule has 2 aromatic carbocycles. The molecule has 0 saturated heterocycles. The highest BCUT2D eigenvalue weighted by molar-refractivity contribution is 6.39. The Morgan fingerprint density at radius 2 is 1.55 bits per heavy atom. The molecule has 0 unspecified atom stereocenters. The molecule has 0 atom stereocenters. The maximum Gasteiger partial charge on any atom is 0.225 e. The second-order valence-electron chi connectivity index (χ2n) is 4.66. The zero-order valence-corrected chi connectivity index (χ0v) is 14.0. The van der Waals surface area contributed by atoms with Crippen LogP contribution < -0.4 is 10.6 Å². The molecule has 0 fully saturated rings. The second-order valence-corrected chi connectivity index (χ2v) is 5.88. The lowest BCUT2D eigenvalue weighted by atomic mass is 10.2. The van der Waals surface area contributed by atoms with Gasteiger partial charge in [0.25, 0.3) is 0 Å². The van der Waals surface area contributed by atoms with E-state index in [4.69, 9.17) is 34.8 Å². The van der Waals surface area contributed by atoms with E-state index < -0.39 is 0 Å². The number of anilines is 1. The van der Waals surface area contributed by atoms with Crippen molar-refractivity contribution in [1.29, 1.82) is 0 Å². The number of carbonyl (C=O) groups excluding carboxylic acids is 1. The Labute approximate surface area is 144 Å². The van der Waals surface area contributed by atoms with E-state index in [2.05, 4.69) is 10.6 Å². The van der Waals surface area contributed by atoms with Gasteiger partial charge in [0, 0.05) is 24.5 Å². The lowest BCUT2D eigenvalue weighted by Crippen LogP contribution is -2.21. The molecule has 1 amide bonds. The van der Waals surface area contributed by atoms with Crippen molar-refractivity contribution in [1.82, 2.24) is 5.32 Å². The molecule has 0 aromatic heterocycles. The molecule has 6 heteroatoms. The average molecular weight is 358 g/mol. The van der Waals surface area contributed by atoms with E-state index in [0.29, 0.717) is 40.3 Å². The molecule has 22 heavy (non-hydrogen) atoms. The molecule has 3 nitrogen and oxygen atoms in total. The van der Waals surface area contributed by atoms with Crippen LogP contribution in [0.4, 0.5) is 5.69 Å². The molecule has 0 aliphatic carbocycles. The van der Waals surface area contributed by atoms with E-state index in [-0.39, 0.29) is 5.91 Å². The first-order valence-corrected chi connectivity index (χ1v) is 7.89. The Bertz CT molecular complexity index is 641. The van der Waals surface area contributed by atoms with Gasteiger partial charge >= 0.3 is 0 Å². The van der Waals surface area contributed by atoms with Crippen LogP contribution in [-0.4, -0.2) is 12.5 Å². The van der Waals surface area contributed by atoms with Crippen molar-refractivity contribution >= 4 is 46.4 Å². The fraction of sp³-hybridized carbons (Fsp3) is 0.188. The standard InChI is InChI=1S/C16H15Cl3N2O/c17-12-5-2-1-4-11(12)10-20-9-8-15(22)21-16-13(18)6-3-7-14(16)19/h1-7,20H,8-10H2,(H,21,22). The minimum Gasteiger partial charge on any atom is -0.324 e. The molecule has 2 N–H and O–H groups in total. The van der Waals surface area contributed by atoms with E-state index >= 15 is 0 Å². The Balaban J connectivity index is 1.78. The summed E-state index contributed by atoms with van der Waals surface area (Å²) < 4.78 is 0. The number of halogens is 3. The summed E-state index contributed by atoms with van der Waals surface area (Å²) in [6, 6.07) is 12.7. The van der Waals surface area contributed by atoms with Crippen LogP contribution >= 0.6 is 34.8 Å². The molecule has 0 aliphatic heterocycles. The van der Waals surface area contributed by atoms with Gasteiger partial charge in [0.1, 0.15) is 0 Å². The molecule has 0 saturated carbocycles. The largest absolute Gasteiger partial charge is 0.324 e. The number of amides is 1. The predicted octanol–water partition coefficient (Wildman–Crippen LogP) is 4.77. The molecule has 0 bridgehead atoms. The minimum atomic E-state index is -0.151. The number of rotatable bonds is 6. The highest BCUT2D eigenvalue weighted by Gasteiger charge is 2.09. The molecular formula is C16H15Cl3N2O. The number of benzene rings is 2. The van der Waals surface area contributed by atoms with Crippen LogP contribution in [0.5, 0.6) is 0 Å². The maximum atomic E-state index is 11.9. The molecule has 0 heterocycles. The van der Waals surface area contributed by atoms with Gasteiger partial charge < -0.3 is 10.6 Å². The van der Waals surface area contributed by atoms with Gasteiger partial charge in [-0.3, -0.25) is 4.79 Å². The third-order valence-electron chi connectivity index (χ3n) is 3.03. The van der Waals surface area contributed by atoms with Gasteiger partial charge in [-0.1, -0.05) is 59.1 Å². The van der Waals surface area contributed by atoms with Crippen molar-refractivity contribution in [3.05, 3.63) is 63.1 Å². The SMILES string of the molecule is O=C(CCNCc1ccccc1Cl)Nc1c(Cl)cccc1Cl. The first-order chi connectivity index (χ1) is 10.6. The van der Waals surface area contributed by atoms with Crippen LogP contribution in [0.2, 0.25) is 15.1 Å². The summed E-state index contributed by atoms with van der Waals surface area (Å²) >= 11 is 18.1. The summed E-state index contributed by atoms with van der Waals surface area (Å²) in [4.78, 5) is 11.9. The highest BCUT2D eigenvalue weighted by Crippen LogP contribution is 2.29. The van der Waals surface area contributed by atoms with E-state index in [1.807, 2.05) is 24.3 Å². The normalized spacial score (nSPS) is 10.5. The highest BCUT2D eigenvalue weighted by atomic mass is 35.5. The van der Waals surface area contributed by atoms with Crippen molar-refractivity contribution in [2.24, 2.45) is 0 Å². The fourth-order valence-electron chi connectivity index (χ4n) is 1.89. The van der Waals surface area contributed by atoms with Crippen LogP contribution in [0.25, 0.3) is 0 Å². The third kappa shape index (κ3) is 4.89. The molecule has 0 aliphatic rings. The predicted molar refractivity (Wildman–Crippen MR) is 92.9 cm³/mol. The van der Waals surface area contributed by atoms with Crippen molar-refractivity contribution in [3.8, 4) is 0 Å². The summed E-state index contributed by atoms with van der Waals surface area (Å²) in [6.45, 7) is 1.14. The monoisotopic (exact) mass is 356 g/mol. The van der Waals surface area contributed by atoms with Gasteiger partial charge in [0.05, 0.1) is 15.7 Å². The van der Waals surface area contributed by atoms with Crippen LogP contribution in [0.15, 0.2) is 42.5 Å². The quantitative estimate of drug-likeness (QED) is 0.731. The topological polar surface area (TPSA) is 41.1 Å². The molecule has 2 aromatic rings. The van der Waals surface area contributed by atoms with Gasteiger partial charge in [-0.05, 0) is 23.8 Å². The number of hydrogen-bond donors (Lipinski definition) is 2. The van der Waals surface area contributed by atoms with Crippen LogP contribution in [0, 0.1) is 0 Å². The van der Waals surface area contributed by atoms with E-state index in [9.17, 15) is 4.79 Å². The van der Waals surface area contributed by atoms with Gasteiger partial charge in [0.15, 0.2) is 0 Å². The molecular weight excluding hydrogens is 343 g/mol. The Kier molecular flexibility index (Phi) is 6.52. The van der Waals surface area contributed by atoms with E-state index in [1.165, 1.54) is 0 Å². The van der Waals surface area contributed by atoms with E-state index in [1.54, 1.807) is 18.2 Å². The summed E-state index contributed by atoms with van der Waals surface area (Å²) in [5.74, 6) is -0.151. The second kappa shape index (κ2) is 8.39. The molecule has 116 valence electrons. The van der Waals surface area contributed by atoms with Crippen molar-refractivity contribution in [2.45, 2.75) is 13.0 Å². The Morgan fingerprint density at radius 1 is 0.909 bits per heavy atom. The van der Waals surface area contributed by atoms with Gasteiger partial charge in [-0.2, -0.15) is 0 Å². The number of nitrogens with one attached hydrogen (secondary N) is 2. The average Bonchev–Trinajstić information content (AvgIpc) is 2.49. The van der Waals surface area contributed by atoms with E-state index in [0.717, 1.165) is 5.56 Å². The number of para-hydroxylation sites is 1. The molecule has 2 rings (SSSR count). The lowest BCUT2D eigenvalue weighted by molar-refractivity contribution is -0.116. The Morgan fingerprint density at radius 3 is 2.23 bits per heavy atom. The van der Waals surface area contributed by atoms with Gasteiger partial charge in [-0.15, -0.1) is 0 Å². The van der Waals surface area contributed by atoms with Crippen molar-refractivity contribution in [2.75, 3.05) is 11.9 Å². The summed E-state index contributed by atoms with van der Waals surface area (Å²) in [6.07, 6.45) is 0.312. The fourth-order valence-corrected chi connectivity index (χ4v) is 2.58. The van der Waals surface area contributed by atoms with Crippen LogP contribution in [-0.2, 0) is 11.3 Å². The molecule has 0 radical (unpaired) electrons. The van der Waals surface area contributed by atoms with Gasteiger partial charge in [-0.25, -0.2) is 0 Å². The van der Waals surface area contributed by atoms with Crippen molar-refractivity contribution in [3.63, 3.8) is 0 Å². The number of carbonyl (C=O) groups is 1. The first kappa shape index (κ1) is 17.1. The van der Waals surface area contributed by atoms with Crippen LogP contribution in [0.3, 0.4) is 0 Å². The van der Waals surface area contributed by atoms with Crippen LogP contribution in [0.1, 0.15) is 12.0 Å². The third-order valence-corrected chi connectivity index (χ3v) is 4.03. The maximum absolute atomic E-state index is 11.9.